The summed E-state index contributed by atoms with van der Waals surface area (Å²) in [4.78, 5) is 8.41. The Bertz CT molecular complexity index is 958. The lowest BCUT2D eigenvalue weighted by Crippen LogP contribution is -2.33. The lowest BCUT2D eigenvalue weighted by atomic mass is 9.99. The number of pyridine rings is 1. The Balaban J connectivity index is 1.65. The minimum absolute atomic E-state index is 0.0939. The van der Waals surface area contributed by atoms with Crippen molar-refractivity contribution in [2.75, 3.05) is 11.9 Å². The number of halogens is 3. The molecule has 3 N–H and O–H groups in total. The molecule has 6 nitrogen and oxygen atoms in total. The summed E-state index contributed by atoms with van der Waals surface area (Å²) in [5.41, 5.74) is 0.583. The van der Waals surface area contributed by atoms with Crippen molar-refractivity contribution >= 4 is 23.0 Å². The number of rotatable bonds is 6. The summed E-state index contributed by atoms with van der Waals surface area (Å²) >= 11 is 5.25. The van der Waals surface area contributed by atoms with Crippen LogP contribution in [0.15, 0.2) is 48.8 Å². The number of H-pyrrole nitrogens is 1. The molecule has 0 fully saturated rings. The van der Waals surface area contributed by atoms with Crippen LogP contribution in [0.25, 0.3) is 0 Å². The molecular weight excluding hydrogens is 401 g/mol. The zero-order valence-electron chi connectivity index (χ0n) is 15.5. The largest absolute Gasteiger partial charge is 0.416 e. The predicted molar refractivity (Wildman–Crippen MR) is 107 cm³/mol. The van der Waals surface area contributed by atoms with Gasteiger partial charge in [0.25, 0.3) is 0 Å². The monoisotopic (exact) mass is 420 g/mol. The van der Waals surface area contributed by atoms with Crippen LogP contribution in [-0.2, 0) is 12.6 Å². The van der Waals surface area contributed by atoms with Crippen LogP contribution in [0.5, 0.6) is 0 Å². The highest BCUT2D eigenvalue weighted by atomic mass is 32.1. The highest BCUT2D eigenvalue weighted by molar-refractivity contribution is 7.80. The number of nitrogens with one attached hydrogen (secondary N) is 3. The number of aromatic amines is 1. The molecule has 0 amide bonds. The van der Waals surface area contributed by atoms with Gasteiger partial charge < -0.3 is 10.6 Å². The zero-order valence-corrected chi connectivity index (χ0v) is 16.3. The van der Waals surface area contributed by atoms with Crippen molar-refractivity contribution in [2.45, 2.75) is 25.4 Å². The van der Waals surface area contributed by atoms with Gasteiger partial charge in [-0.05, 0) is 61.5 Å². The molecule has 0 radical (unpaired) electrons. The number of alkyl halides is 3. The Morgan fingerprint density at radius 2 is 1.97 bits per heavy atom. The van der Waals surface area contributed by atoms with Crippen LogP contribution in [-0.4, -0.2) is 31.8 Å². The fourth-order valence-corrected chi connectivity index (χ4v) is 2.97. The van der Waals surface area contributed by atoms with Crippen molar-refractivity contribution in [3.8, 4) is 0 Å². The third-order valence-corrected chi connectivity index (χ3v) is 4.41. The summed E-state index contributed by atoms with van der Waals surface area (Å²) in [6, 6.07) is 8.70. The SMILES string of the molecule is Cc1nc([C@H](CNC(=S)Nc2cccc(C(F)(F)F)c2)Cc2ccncc2)n[nH]1. The van der Waals surface area contributed by atoms with Gasteiger partial charge in [-0.3, -0.25) is 10.1 Å². The molecule has 29 heavy (non-hydrogen) atoms. The first-order valence-electron chi connectivity index (χ1n) is 8.81. The molecule has 2 aromatic heterocycles. The van der Waals surface area contributed by atoms with E-state index in [9.17, 15) is 13.2 Å². The van der Waals surface area contributed by atoms with Crippen molar-refractivity contribution in [3.63, 3.8) is 0 Å². The summed E-state index contributed by atoms with van der Waals surface area (Å²) in [6.45, 7) is 2.22. The standard InChI is InChI=1S/C19H19F3N6S/c1-12-25-17(28-27-12)14(9-13-5-7-23-8-6-13)11-24-18(29)26-16-4-2-3-15(10-16)19(20,21)22/h2-8,10,14H,9,11H2,1H3,(H2,24,26,29)(H,25,27,28)/t14-/m0/s1. The summed E-state index contributed by atoms with van der Waals surface area (Å²) in [5, 5.41) is 13.1. The third kappa shape index (κ3) is 5.98. The Labute approximate surface area is 171 Å². The van der Waals surface area contributed by atoms with E-state index in [0.717, 1.165) is 17.7 Å². The van der Waals surface area contributed by atoms with Gasteiger partial charge in [-0.2, -0.15) is 18.3 Å². The molecule has 0 aliphatic carbocycles. The van der Waals surface area contributed by atoms with E-state index in [2.05, 4.69) is 30.8 Å². The average Bonchev–Trinajstić information content (AvgIpc) is 3.12. The number of hydrogen-bond donors (Lipinski definition) is 3. The van der Waals surface area contributed by atoms with E-state index in [4.69, 9.17) is 12.2 Å². The van der Waals surface area contributed by atoms with Crippen LogP contribution in [0.3, 0.4) is 0 Å². The predicted octanol–water partition coefficient (Wildman–Crippen LogP) is 3.84. The molecule has 152 valence electrons. The molecule has 0 spiro atoms. The zero-order chi connectivity index (χ0) is 20.9. The van der Waals surface area contributed by atoms with Gasteiger partial charge in [0, 0.05) is 30.5 Å². The summed E-state index contributed by atoms with van der Waals surface area (Å²) in [5.74, 6) is 1.24. The number of anilines is 1. The van der Waals surface area contributed by atoms with Gasteiger partial charge in [-0.1, -0.05) is 6.07 Å². The summed E-state index contributed by atoms with van der Waals surface area (Å²) in [7, 11) is 0. The van der Waals surface area contributed by atoms with Crippen molar-refractivity contribution in [2.24, 2.45) is 0 Å². The second kappa shape index (κ2) is 8.99. The van der Waals surface area contributed by atoms with Crippen molar-refractivity contribution < 1.29 is 13.2 Å². The van der Waals surface area contributed by atoms with E-state index in [-0.39, 0.29) is 16.7 Å². The lowest BCUT2D eigenvalue weighted by Gasteiger charge is -2.17. The summed E-state index contributed by atoms with van der Waals surface area (Å²) in [6.07, 6.45) is -0.337. The van der Waals surface area contributed by atoms with E-state index in [1.165, 1.54) is 12.1 Å². The normalized spacial score (nSPS) is 12.4. The van der Waals surface area contributed by atoms with Crippen LogP contribution >= 0.6 is 12.2 Å². The smallest absolute Gasteiger partial charge is 0.362 e. The van der Waals surface area contributed by atoms with Crippen LogP contribution in [0, 0.1) is 6.92 Å². The number of aryl methyl sites for hydroxylation is 1. The first-order valence-corrected chi connectivity index (χ1v) is 9.22. The molecule has 0 saturated heterocycles. The first kappa shape index (κ1) is 20.7. The summed E-state index contributed by atoms with van der Waals surface area (Å²) < 4.78 is 38.6. The van der Waals surface area contributed by atoms with E-state index in [1.807, 2.05) is 19.1 Å². The van der Waals surface area contributed by atoms with Crippen LogP contribution in [0.4, 0.5) is 18.9 Å². The third-order valence-electron chi connectivity index (χ3n) is 4.17. The second-order valence-electron chi connectivity index (χ2n) is 6.45. The van der Waals surface area contributed by atoms with Gasteiger partial charge in [0.1, 0.15) is 5.82 Å². The first-order chi connectivity index (χ1) is 13.8. The van der Waals surface area contributed by atoms with Gasteiger partial charge in [-0.25, -0.2) is 4.98 Å². The molecule has 3 rings (SSSR count). The Hall–Kier alpha value is -3.01. The Kier molecular flexibility index (Phi) is 6.42. The van der Waals surface area contributed by atoms with E-state index in [1.54, 1.807) is 12.4 Å². The van der Waals surface area contributed by atoms with E-state index in [0.29, 0.717) is 24.6 Å². The number of hydrogen-bond acceptors (Lipinski definition) is 4. The minimum Gasteiger partial charge on any atom is -0.362 e. The highest BCUT2D eigenvalue weighted by Crippen LogP contribution is 2.30. The maximum atomic E-state index is 12.9. The molecular formula is C19H19F3N6S. The molecule has 0 unspecified atom stereocenters. The molecule has 0 aliphatic heterocycles. The maximum Gasteiger partial charge on any atom is 0.416 e. The number of benzene rings is 1. The minimum atomic E-state index is -4.41. The van der Waals surface area contributed by atoms with E-state index >= 15 is 0 Å². The molecule has 10 heteroatoms. The molecule has 1 aromatic carbocycles. The van der Waals surface area contributed by atoms with Crippen molar-refractivity contribution in [1.82, 2.24) is 25.5 Å². The second-order valence-corrected chi connectivity index (χ2v) is 6.86. The maximum absolute atomic E-state index is 12.9. The van der Waals surface area contributed by atoms with Crippen LogP contribution in [0.1, 0.15) is 28.7 Å². The molecule has 0 saturated carbocycles. The fourth-order valence-electron chi connectivity index (χ4n) is 2.77. The van der Waals surface area contributed by atoms with Crippen molar-refractivity contribution in [3.05, 3.63) is 71.6 Å². The van der Waals surface area contributed by atoms with Gasteiger partial charge in [-0.15, -0.1) is 0 Å². The van der Waals surface area contributed by atoms with Crippen LogP contribution in [0.2, 0.25) is 0 Å². The molecule has 1 atom stereocenters. The Morgan fingerprint density at radius 3 is 2.62 bits per heavy atom. The van der Waals surface area contributed by atoms with Gasteiger partial charge in [0.2, 0.25) is 0 Å². The molecule has 2 heterocycles. The van der Waals surface area contributed by atoms with E-state index < -0.39 is 11.7 Å². The highest BCUT2D eigenvalue weighted by Gasteiger charge is 2.30. The van der Waals surface area contributed by atoms with Gasteiger partial charge in [0.15, 0.2) is 10.9 Å². The average molecular weight is 420 g/mol. The van der Waals surface area contributed by atoms with Crippen LogP contribution < -0.4 is 10.6 Å². The number of aromatic nitrogens is 4. The quantitative estimate of drug-likeness (QED) is 0.526. The molecule has 0 bridgehead atoms. The fraction of sp³-hybridized carbons (Fsp3) is 0.263. The van der Waals surface area contributed by atoms with Crippen molar-refractivity contribution in [1.29, 1.82) is 0 Å². The molecule has 3 aromatic rings. The lowest BCUT2D eigenvalue weighted by molar-refractivity contribution is -0.137. The number of thiocarbonyl (C=S) groups is 1. The molecule has 0 aliphatic rings. The topological polar surface area (TPSA) is 78.5 Å². The number of nitrogens with zero attached hydrogens (tertiary/aromatic N) is 3. The Morgan fingerprint density at radius 1 is 1.21 bits per heavy atom. The van der Waals surface area contributed by atoms with Gasteiger partial charge in [0.05, 0.1) is 5.56 Å². The van der Waals surface area contributed by atoms with Gasteiger partial charge >= 0.3 is 6.18 Å².